The van der Waals surface area contributed by atoms with Gasteiger partial charge in [-0.1, -0.05) is 12.8 Å². The maximum absolute atomic E-state index is 10.8. The van der Waals surface area contributed by atoms with Gasteiger partial charge in [0.05, 0.1) is 6.54 Å². The lowest BCUT2D eigenvalue weighted by Gasteiger charge is -2.37. The minimum Gasteiger partial charge on any atom is -0.475 e. The number of carboxylic acids is 1. The van der Waals surface area contributed by atoms with Crippen LogP contribution in [0.25, 0.3) is 0 Å². The average Bonchev–Trinajstić information content (AvgIpc) is 2.87. The number of carbonyl (C=O) groups is 1. The molecule has 1 heterocycles. The van der Waals surface area contributed by atoms with Crippen molar-refractivity contribution in [2.75, 3.05) is 13.6 Å². The van der Waals surface area contributed by atoms with Crippen LogP contribution in [0, 0.1) is 5.92 Å². The lowest BCUT2D eigenvalue weighted by Crippen LogP contribution is -2.42. The van der Waals surface area contributed by atoms with Crippen molar-refractivity contribution in [2.24, 2.45) is 11.7 Å². The van der Waals surface area contributed by atoms with Crippen LogP contribution in [0.2, 0.25) is 0 Å². The van der Waals surface area contributed by atoms with Crippen LogP contribution in [0.1, 0.15) is 42.0 Å². The second kappa shape index (κ2) is 6.21. The van der Waals surface area contributed by atoms with Crippen molar-refractivity contribution < 1.29 is 14.3 Å². The Labute approximate surface area is 113 Å². The van der Waals surface area contributed by atoms with Crippen LogP contribution in [-0.2, 0) is 6.54 Å². The Hall–Kier alpha value is -1.33. The molecule has 0 saturated heterocycles. The lowest BCUT2D eigenvalue weighted by atomic mass is 9.83. The van der Waals surface area contributed by atoms with E-state index in [1.165, 1.54) is 25.3 Å². The van der Waals surface area contributed by atoms with Crippen molar-refractivity contribution in [3.05, 3.63) is 23.7 Å². The molecule has 0 bridgehead atoms. The third-order valence-electron chi connectivity index (χ3n) is 4.02. The first kappa shape index (κ1) is 14.1. The number of carboxylic acid groups (broad SMARTS) is 1. The Bertz CT molecular complexity index is 430. The van der Waals surface area contributed by atoms with Crippen molar-refractivity contribution in [2.45, 2.75) is 38.3 Å². The summed E-state index contributed by atoms with van der Waals surface area (Å²) in [5.41, 5.74) is 5.84. The molecule has 1 aliphatic carbocycles. The molecule has 1 aromatic heterocycles. The van der Waals surface area contributed by atoms with Crippen LogP contribution in [0.4, 0.5) is 0 Å². The van der Waals surface area contributed by atoms with E-state index < -0.39 is 5.97 Å². The molecule has 1 fully saturated rings. The van der Waals surface area contributed by atoms with Gasteiger partial charge in [0.1, 0.15) is 5.76 Å². The first-order chi connectivity index (χ1) is 9.11. The molecule has 0 radical (unpaired) electrons. The fourth-order valence-electron chi connectivity index (χ4n) is 2.98. The largest absolute Gasteiger partial charge is 0.475 e. The highest BCUT2D eigenvalue weighted by Gasteiger charge is 2.27. The van der Waals surface area contributed by atoms with Gasteiger partial charge >= 0.3 is 5.97 Å². The van der Waals surface area contributed by atoms with E-state index in [1.807, 2.05) is 0 Å². The molecular weight excluding hydrogens is 244 g/mol. The molecule has 1 aliphatic rings. The van der Waals surface area contributed by atoms with E-state index in [0.717, 1.165) is 6.42 Å². The summed E-state index contributed by atoms with van der Waals surface area (Å²) in [7, 11) is 2.06. The highest BCUT2D eigenvalue weighted by atomic mass is 16.4. The summed E-state index contributed by atoms with van der Waals surface area (Å²) < 4.78 is 5.30. The SMILES string of the molecule is CN(Cc1ccc(C(=O)O)o1)C1CCCCC1CN. The number of hydrogen-bond acceptors (Lipinski definition) is 4. The van der Waals surface area contributed by atoms with Crippen molar-refractivity contribution in [1.82, 2.24) is 4.90 Å². The van der Waals surface area contributed by atoms with Gasteiger partial charge in [-0.2, -0.15) is 0 Å². The van der Waals surface area contributed by atoms with Crippen LogP contribution < -0.4 is 5.73 Å². The third kappa shape index (κ3) is 3.36. The van der Waals surface area contributed by atoms with Gasteiger partial charge in [-0.05, 0) is 44.5 Å². The number of hydrogen-bond donors (Lipinski definition) is 2. The van der Waals surface area contributed by atoms with Gasteiger partial charge in [0.2, 0.25) is 5.76 Å². The Morgan fingerprint density at radius 3 is 2.84 bits per heavy atom. The van der Waals surface area contributed by atoms with Crippen LogP contribution in [0.3, 0.4) is 0 Å². The molecule has 106 valence electrons. The van der Waals surface area contributed by atoms with Crippen molar-refractivity contribution in [3.8, 4) is 0 Å². The van der Waals surface area contributed by atoms with Crippen molar-refractivity contribution >= 4 is 5.97 Å². The second-order valence-electron chi connectivity index (χ2n) is 5.33. The minimum atomic E-state index is -1.02. The molecule has 5 heteroatoms. The Balaban J connectivity index is 1.98. The van der Waals surface area contributed by atoms with Crippen LogP contribution in [-0.4, -0.2) is 35.6 Å². The van der Waals surface area contributed by atoms with Gasteiger partial charge in [-0.25, -0.2) is 4.79 Å². The predicted molar refractivity (Wildman–Crippen MR) is 71.9 cm³/mol. The fourth-order valence-corrected chi connectivity index (χ4v) is 2.98. The Kier molecular flexibility index (Phi) is 4.61. The van der Waals surface area contributed by atoms with E-state index in [9.17, 15) is 4.79 Å². The molecule has 0 spiro atoms. The smallest absolute Gasteiger partial charge is 0.371 e. The van der Waals surface area contributed by atoms with Crippen LogP contribution >= 0.6 is 0 Å². The number of nitrogens with two attached hydrogens (primary N) is 1. The maximum Gasteiger partial charge on any atom is 0.371 e. The molecule has 1 saturated carbocycles. The zero-order chi connectivity index (χ0) is 13.8. The average molecular weight is 266 g/mol. The van der Waals surface area contributed by atoms with E-state index in [1.54, 1.807) is 6.07 Å². The third-order valence-corrected chi connectivity index (χ3v) is 4.02. The number of furan rings is 1. The predicted octanol–water partition coefficient (Wildman–Crippen LogP) is 1.93. The standard InChI is InChI=1S/C14H22N2O3/c1-16(12-5-3-2-4-10(12)8-15)9-11-6-7-13(19-11)14(17)18/h6-7,10,12H,2-5,8-9,15H2,1H3,(H,17,18). The Morgan fingerprint density at radius 2 is 2.21 bits per heavy atom. The van der Waals surface area contributed by atoms with E-state index in [2.05, 4.69) is 11.9 Å². The zero-order valence-corrected chi connectivity index (χ0v) is 11.3. The molecule has 2 rings (SSSR count). The summed E-state index contributed by atoms with van der Waals surface area (Å²) >= 11 is 0. The molecule has 1 aromatic rings. The minimum absolute atomic E-state index is 0.00224. The van der Waals surface area contributed by atoms with E-state index in [4.69, 9.17) is 15.3 Å². The Morgan fingerprint density at radius 1 is 1.47 bits per heavy atom. The first-order valence-corrected chi connectivity index (χ1v) is 6.84. The number of aromatic carboxylic acids is 1. The molecule has 0 aliphatic heterocycles. The highest BCUT2D eigenvalue weighted by molar-refractivity contribution is 5.84. The second-order valence-corrected chi connectivity index (χ2v) is 5.33. The topological polar surface area (TPSA) is 79.7 Å². The summed E-state index contributed by atoms with van der Waals surface area (Å²) in [6.45, 7) is 1.35. The van der Waals surface area contributed by atoms with Gasteiger partial charge in [0.25, 0.3) is 0 Å². The van der Waals surface area contributed by atoms with Crippen LogP contribution in [0.15, 0.2) is 16.5 Å². The molecule has 3 N–H and O–H groups in total. The van der Waals surface area contributed by atoms with Crippen molar-refractivity contribution in [3.63, 3.8) is 0 Å². The van der Waals surface area contributed by atoms with Gasteiger partial charge in [-0.3, -0.25) is 4.90 Å². The van der Waals surface area contributed by atoms with Crippen LogP contribution in [0.5, 0.6) is 0 Å². The molecule has 0 aromatic carbocycles. The molecular formula is C14H22N2O3. The highest BCUT2D eigenvalue weighted by Crippen LogP contribution is 2.28. The lowest BCUT2D eigenvalue weighted by molar-refractivity contribution is 0.0655. The quantitative estimate of drug-likeness (QED) is 0.851. The summed E-state index contributed by atoms with van der Waals surface area (Å²) in [6, 6.07) is 3.71. The monoisotopic (exact) mass is 266 g/mol. The normalized spacial score (nSPS) is 23.7. The van der Waals surface area contributed by atoms with E-state index in [-0.39, 0.29) is 5.76 Å². The summed E-state index contributed by atoms with van der Waals surface area (Å²) in [5, 5.41) is 8.84. The summed E-state index contributed by atoms with van der Waals surface area (Å²) in [4.78, 5) is 13.0. The first-order valence-electron chi connectivity index (χ1n) is 6.84. The summed E-state index contributed by atoms with van der Waals surface area (Å²) in [6.07, 6.45) is 4.84. The molecule has 0 amide bonds. The molecule has 2 unspecified atom stereocenters. The number of nitrogens with zero attached hydrogens (tertiary/aromatic N) is 1. The fraction of sp³-hybridized carbons (Fsp3) is 0.643. The van der Waals surface area contributed by atoms with Gasteiger partial charge in [0.15, 0.2) is 0 Å². The maximum atomic E-state index is 10.8. The number of rotatable bonds is 5. The van der Waals surface area contributed by atoms with Crippen molar-refractivity contribution in [1.29, 1.82) is 0 Å². The van der Waals surface area contributed by atoms with Gasteiger partial charge in [0, 0.05) is 6.04 Å². The zero-order valence-electron chi connectivity index (χ0n) is 11.3. The molecule has 19 heavy (non-hydrogen) atoms. The molecule has 5 nitrogen and oxygen atoms in total. The summed E-state index contributed by atoms with van der Waals surface area (Å²) in [5.74, 6) is 0.211. The molecule has 2 atom stereocenters. The van der Waals surface area contributed by atoms with Gasteiger partial charge < -0.3 is 15.3 Å². The van der Waals surface area contributed by atoms with E-state index >= 15 is 0 Å². The van der Waals surface area contributed by atoms with E-state index in [0.29, 0.717) is 30.8 Å². The van der Waals surface area contributed by atoms with Gasteiger partial charge in [-0.15, -0.1) is 0 Å².